The monoisotopic (exact) mass is 484 g/mol. The van der Waals surface area contributed by atoms with E-state index in [1.54, 1.807) is 42.7 Å². The maximum absolute atomic E-state index is 12.5. The number of nitrogens with zero attached hydrogens (tertiary/aromatic N) is 1. The lowest BCUT2D eigenvalue weighted by atomic mass is 10.0. The minimum atomic E-state index is -0.378. The predicted octanol–water partition coefficient (Wildman–Crippen LogP) is 6.25. The summed E-state index contributed by atoms with van der Waals surface area (Å²) in [6.07, 6.45) is 3.41. The third kappa shape index (κ3) is 5.02. The van der Waals surface area contributed by atoms with Crippen molar-refractivity contribution in [3.05, 3.63) is 95.0 Å². The fourth-order valence-corrected chi connectivity index (χ4v) is 3.97. The second kappa shape index (κ2) is 9.36. The Hall–Kier alpha value is -4.56. The van der Waals surface area contributed by atoms with Crippen LogP contribution in [0.4, 0.5) is 33.2 Å². The molecule has 3 aromatic carbocycles. The zero-order valence-corrected chi connectivity index (χ0v) is 19.4. The number of urea groups is 1. The van der Waals surface area contributed by atoms with E-state index >= 15 is 0 Å². The average molecular weight is 485 g/mol. The number of amides is 3. The van der Waals surface area contributed by atoms with Crippen molar-refractivity contribution in [1.82, 2.24) is 9.97 Å². The van der Waals surface area contributed by atoms with Crippen LogP contribution in [0.25, 0.3) is 11.6 Å². The molecule has 0 spiro atoms. The van der Waals surface area contributed by atoms with Gasteiger partial charge in [-0.3, -0.25) is 4.79 Å². The summed E-state index contributed by atoms with van der Waals surface area (Å²) in [5.41, 5.74) is 6.53. The summed E-state index contributed by atoms with van der Waals surface area (Å²) in [5, 5.41) is 12.3. The van der Waals surface area contributed by atoms with Crippen molar-refractivity contribution < 1.29 is 9.59 Å². The predicted molar refractivity (Wildman–Crippen MR) is 140 cm³/mol. The Morgan fingerprint density at radius 2 is 1.66 bits per heavy atom. The molecule has 0 atom stereocenters. The summed E-state index contributed by atoms with van der Waals surface area (Å²) in [7, 11) is 0. The standard InChI is InChI=1S/C26H21ClN6O2/c1-15-23(29-14-28-15)13-22-21-9-8-20(12-24(21)33-25(22)34)30-18-6-3-7-19(11-18)32-26(35)31-17-5-2-4-16(27)10-17/h2-14,30H,1H3,(H,28,29)(H,33,34)(H2,31,32,35)/b22-13-. The minimum Gasteiger partial charge on any atom is -0.355 e. The molecule has 0 bridgehead atoms. The van der Waals surface area contributed by atoms with E-state index in [2.05, 4.69) is 31.2 Å². The molecule has 0 saturated carbocycles. The van der Waals surface area contributed by atoms with Crippen LogP contribution < -0.4 is 21.3 Å². The zero-order valence-electron chi connectivity index (χ0n) is 18.6. The number of hydrogen-bond donors (Lipinski definition) is 5. The third-order valence-electron chi connectivity index (χ3n) is 5.45. The van der Waals surface area contributed by atoms with Gasteiger partial charge in [0, 0.05) is 33.3 Å². The highest BCUT2D eigenvalue weighted by Gasteiger charge is 2.24. The van der Waals surface area contributed by atoms with Crippen LogP contribution in [0.15, 0.2) is 73.1 Å². The summed E-state index contributed by atoms with van der Waals surface area (Å²) >= 11 is 5.97. The van der Waals surface area contributed by atoms with E-state index in [1.807, 2.05) is 43.3 Å². The first kappa shape index (κ1) is 22.2. The number of aromatic nitrogens is 2. The lowest BCUT2D eigenvalue weighted by Crippen LogP contribution is -2.19. The topological polar surface area (TPSA) is 111 Å². The van der Waals surface area contributed by atoms with E-state index in [0.29, 0.717) is 22.0 Å². The highest BCUT2D eigenvalue weighted by atomic mass is 35.5. The van der Waals surface area contributed by atoms with Gasteiger partial charge in [0.1, 0.15) is 0 Å². The van der Waals surface area contributed by atoms with E-state index in [-0.39, 0.29) is 11.9 Å². The van der Waals surface area contributed by atoms with Crippen LogP contribution in [0, 0.1) is 6.92 Å². The Morgan fingerprint density at radius 1 is 0.943 bits per heavy atom. The number of H-pyrrole nitrogens is 1. The molecule has 1 aliphatic rings. The van der Waals surface area contributed by atoms with Gasteiger partial charge in [0.2, 0.25) is 0 Å². The van der Waals surface area contributed by atoms with Gasteiger partial charge >= 0.3 is 6.03 Å². The Morgan fingerprint density at radius 3 is 2.40 bits per heavy atom. The van der Waals surface area contributed by atoms with E-state index in [1.165, 1.54) is 0 Å². The van der Waals surface area contributed by atoms with Crippen LogP contribution >= 0.6 is 11.6 Å². The molecule has 35 heavy (non-hydrogen) atoms. The normalized spacial score (nSPS) is 13.3. The van der Waals surface area contributed by atoms with Gasteiger partial charge in [-0.2, -0.15) is 0 Å². The molecule has 5 N–H and O–H groups in total. The molecule has 0 radical (unpaired) electrons. The quantitative estimate of drug-likeness (QED) is 0.215. The van der Waals surface area contributed by atoms with Crippen LogP contribution in [0.3, 0.4) is 0 Å². The maximum Gasteiger partial charge on any atom is 0.323 e. The molecule has 4 aromatic rings. The summed E-state index contributed by atoms with van der Waals surface area (Å²) in [6, 6.07) is 19.5. The second-order valence-electron chi connectivity index (χ2n) is 7.97. The van der Waals surface area contributed by atoms with Gasteiger partial charge in [0.05, 0.1) is 29.0 Å². The summed E-state index contributed by atoms with van der Waals surface area (Å²) in [6.45, 7) is 1.88. The number of nitrogens with one attached hydrogen (secondary N) is 5. The van der Waals surface area contributed by atoms with E-state index in [4.69, 9.17) is 11.6 Å². The maximum atomic E-state index is 12.5. The largest absolute Gasteiger partial charge is 0.355 e. The molecular formula is C26H21ClN6O2. The van der Waals surface area contributed by atoms with Gasteiger partial charge in [-0.25, -0.2) is 9.78 Å². The number of aryl methyl sites for hydroxylation is 1. The minimum absolute atomic E-state index is 0.164. The first-order valence-electron chi connectivity index (χ1n) is 10.8. The zero-order chi connectivity index (χ0) is 24.4. The molecule has 174 valence electrons. The van der Waals surface area contributed by atoms with Crippen molar-refractivity contribution in [3.8, 4) is 0 Å². The van der Waals surface area contributed by atoms with Gasteiger partial charge in [0.15, 0.2) is 0 Å². The van der Waals surface area contributed by atoms with Crippen molar-refractivity contribution in [2.75, 3.05) is 21.3 Å². The van der Waals surface area contributed by atoms with E-state index in [9.17, 15) is 9.59 Å². The average Bonchev–Trinajstić information content (AvgIpc) is 3.36. The molecule has 5 rings (SSSR count). The third-order valence-corrected chi connectivity index (χ3v) is 5.69. The van der Waals surface area contributed by atoms with Crippen LogP contribution in [-0.2, 0) is 4.79 Å². The molecule has 1 aliphatic heterocycles. The summed E-state index contributed by atoms with van der Waals surface area (Å²) in [4.78, 5) is 32.1. The van der Waals surface area contributed by atoms with Crippen molar-refractivity contribution in [2.24, 2.45) is 0 Å². The first-order valence-corrected chi connectivity index (χ1v) is 11.2. The Balaban J connectivity index is 1.29. The fraction of sp³-hybridized carbons (Fsp3) is 0.0385. The van der Waals surface area contributed by atoms with Crippen molar-refractivity contribution in [1.29, 1.82) is 0 Å². The van der Waals surface area contributed by atoms with Gasteiger partial charge in [-0.05, 0) is 61.5 Å². The Kier molecular flexibility index (Phi) is 5.95. The number of imidazole rings is 1. The molecule has 3 amide bonds. The number of anilines is 5. The van der Waals surface area contributed by atoms with Gasteiger partial charge in [-0.15, -0.1) is 0 Å². The van der Waals surface area contributed by atoms with Crippen molar-refractivity contribution in [3.63, 3.8) is 0 Å². The number of benzene rings is 3. The van der Waals surface area contributed by atoms with Crippen LogP contribution in [0.1, 0.15) is 17.0 Å². The number of aromatic amines is 1. The summed E-state index contributed by atoms with van der Waals surface area (Å²) < 4.78 is 0. The van der Waals surface area contributed by atoms with E-state index < -0.39 is 0 Å². The number of fused-ring (bicyclic) bond motifs is 1. The number of carbonyl (C=O) groups excluding carboxylic acids is 2. The van der Waals surface area contributed by atoms with E-state index in [0.717, 1.165) is 34.0 Å². The van der Waals surface area contributed by atoms with Gasteiger partial charge in [0.25, 0.3) is 5.91 Å². The molecule has 8 nitrogen and oxygen atoms in total. The highest BCUT2D eigenvalue weighted by Crippen LogP contribution is 2.36. The summed E-state index contributed by atoms with van der Waals surface area (Å²) in [5.74, 6) is -0.164. The van der Waals surface area contributed by atoms with Crippen LogP contribution in [-0.4, -0.2) is 21.9 Å². The SMILES string of the molecule is Cc1nc[nH]c1/C=C1\C(=O)Nc2cc(Nc3cccc(NC(=O)Nc4cccc(Cl)c4)c3)ccc21. The number of hydrogen-bond acceptors (Lipinski definition) is 4. The molecular weight excluding hydrogens is 464 g/mol. The smallest absolute Gasteiger partial charge is 0.323 e. The van der Waals surface area contributed by atoms with Gasteiger partial charge in [-0.1, -0.05) is 29.8 Å². The highest BCUT2D eigenvalue weighted by molar-refractivity contribution is 6.35. The molecule has 2 heterocycles. The van der Waals surface area contributed by atoms with Crippen LogP contribution in [0.2, 0.25) is 5.02 Å². The number of rotatable bonds is 5. The number of halogens is 1. The van der Waals surface area contributed by atoms with Gasteiger partial charge < -0.3 is 26.3 Å². The van der Waals surface area contributed by atoms with Crippen molar-refractivity contribution >= 4 is 63.6 Å². The molecule has 1 aromatic heterocycles. The van der Waals surface area contributed by atoms with Crippen LogP contribution in [0.5, 0.6) is 0 Å². The Bertz CT molecular complexity index is 1480. The number of carbonyl (C=O) groups is 2. The molecule has 0 fully saturated rings. The molecule has 0 unspecified atom stereocenters. The second-order valence-corrected chi connectivity index (χ2v) is 8.41. The molecule has 0 saturated heterocycles. The molecule has 0 aliphatic carbocycles. The Labute approximate surface area is 206 Å². The fourth-order valence-electron chi connectivity index (χ4n) is 3.78. The lowest BCUT2D eigenvalue weighted by molar-refractivity contribution is -0.110. The lowest BCUT2D eigenvalue weighted by Gasteiger charge is -2.11. The first-order chi connectivity index (χ1) is 16.9. The molecule has 9 heteroatoms. The van der Waals surface area contributed by atoms with Crippen molar-refractivity contribution in [2.45, 2.75) is 6.92 Å².